The molecule has 1 amide bonds. The molecule has 5 N–H and O–H groups in total. The van der Waals surface area contributed by atoms with Crippen LogP contribution in [0, 0.1) is 0 Å². The van der Waals surface area contributed by atoms with Gasteiger partial charge < -0.3 is 21.3 Å². The van der Waals surface area contributed by atoms with Crippen molar-refractivity contribution < 1.29 is 19.8 Å². The maximum Gasteiger partial charge on any atom is 0.339 e. The second kappa shape index (κ2) is 6.40. The molecule has 0 saturated heterocycles. The summed E-state index contributed by atoms with van der Waals surface area (Å²) in [6, 6.07) is 9.37. The molecule has 126 valence electrons. The average molecular weight is 402 g/mol. The van der Waals surface area contributed by atoms with E-state index < -0.39 is 11.9 Å². The molecule has 1 heterocycles. The third-order valence-corrected chi connectivity index (χ3v) is 4.09. The number of hydrogen-bond donors (Lipinski definition) is 4. The lowest BCUT2D eigenvalue weighted by Crippen LogP contribution is -2.14. The number of fused-ring (bicyclic) bond motifs is 1. The van der Waals surface area contributed by atoms with Crippen LogP contribution in [-0.4, -0.2) is 27.1 Å². The van der Waals surface area contributed by atoms with E-state index in [-0.39, 0.29) is 16.9 Å². The zero-order valence-electron chi connectivity index (χ0n) is 12.7. The monoisotopic (exact) mass is 401 g/mol. The summed E-state index contributed by atoms with van der Waals surface area (Å²) in [4.78, 5) is 27.1. The fourth-order valence-electron chi connectivity index (χ4n) is 2.42. The van der Waals surface area contributed by atoms with E-state index in [2.05, 4.69) is 26.2 Å². The lowest BCUT2D eigenvalue weighted by Gasteiger charge is -2.14. The van der Waals surface area contributed by atoms with Crippen LogP contribution in [0.1, 0.15) is 20.7 Å². The number of phenols is 1. The zero-order valence-corrected chi connectivity index (χ0v) is 14.2. The number of nitrogens with zero attached hydrogens (tertiary/aromatic N) is 1. The number of aromatic carboxylic acids is 1. The van der Waals surface area contributed by atoms with E-state index in [0.717, 1.165) is 4.47 Å². The first kappa shape index (κ1) is 16.7. The molecule has 0 aliphatic carbocycles. The van der Waals surface area contributed by atoms with Crippen molar-refractivity contribution >= 4 is 50.1 Å². The molecule has 0 aliphatic heterocycles. The average Bonchev–Trinajstić information content (AvgIpc) is 2.55. The number of benzene rings is 2. The van der Waals surface area contributed by atoms with Gasteiger partial charge in [0.05, 0.1) is 16.8 Å². The van der Waals surface area contributed by atoms with Crippen molar-refractivity contribution in [2.24, 2.45) is 5.73 Å². The van der Waals surface area contributed by atoms with Gasteiger partial charge in [-0.1, -0.05) is 15.9 Å². The molecule has 0 bridgehead atoms. The molecule has 0 fully saturated rings. The Bertz CT molecular complexity index is 1020. The number of aromatic hydroxyl groups is 1. The number of hydrogen-bond acceptors (Lipinski definition) is 5. The predicted molar refractivity (Wildman–Crippen MR) is 96.3 cm³/mol. The number of pyridine rings is 1. The van der Waals surface area contributed by atoms with E-state index in [1.165, 1.54) is 24.4 Å². The standard InChI is InChI=1S/C17H12BrN3O4/c18-8-1-3-10-13(5-8)20-7-12(16(19)23)15(10)21-9-2-4-14(22)11(6-9)17(24)25/h1-7,22H,(H2,19,23)(H,20,21)(H,24,25). The van der Waals surface area contributed by atoms with Gasteiger partial charge in [-0.25, -0.2) is 4.79 Å². The Hall–Kier alpha value is -3.13. The summed E-state index contributed by atoms with van der Waals surface area (Å²) in [5.41, 5.74) is 6.75. The van der Waals surface area contributed by atoms with Crippen molar-refractivity contribution in [3.63, 3.8) is 0 Å². The number of carbonyl (C=O) groups excluding carboxylic acids is 1. The normalized spacial score (nSPS) is 10.6. The Morgan fingerprint density at radius 2 is 1.88 bits per heavy atom. The summed E-state index contributed by atoms with van der Waals surface area (Å²) < 4.78 is 0.822. The van der Waals surface area contributed by atoms with Crippen molar-refractivity contribution in [2.75, 3.05) is 5.32 Å². The molecule has 0 spiro atoms. The zero-order chi connectivity index (χ0) is 18.1. The van der Waals surface area contributed by atoms with Gasteiger partial charge >= 0.3 is 5.97 Å². The van der Waals surface area contributed by atoms with Crippen LogP contribution in [-0.2, 0) is 0 Å². The molecule has 0 atom stereocenters. The van der Waals surface area contributed by atoms with Crippen LogP contribution in [0.25, 0.3) is 10.9 Å². The molecule has 25 heavy (non-hydrogen) atoms. The SMILES string of the molecule is NC(=O)c1cnc2cc(Br)ccc2c1Nc1ccc(O)c(C(=O)O)c1. The molecule has 0 aliphatic rings. The second-order valence-electron chi connectivity index (χ2n) is 5.23. The van der Waals surface area contributed by atoms with E-state index in [4.69, 9.17) is 10.8 Å². The van der Waals surface area contributed by atoms with Gasteiger partial charge in [-0.3, -0.25) is 9.78 Å². The molecule has 3 rings (SSSR count). The summed E-state index contributed by atoms with van der Waals surface area (Å²) in [6.45, 7) is 0. The Balaban J connectivity index is 2.17. The quantitative estimate of drug-likeness (QED) is 0.497. The molecule has 0 radical (unpaired) electrons. The molecule has 7 nitrogen and oxygen atoms in total. The molecule has 3 aromatic rings. The smallest absolute Gasteiger partial charge is 0.339 e. The predicted octanol–water partition coefficient (Wildman–Crippen LogP) is 3.24. The summed E-state index contributed by atoms with van der Waals surface area (Å²) in [5.74, 6) is -2.28. The number of carboxylic acids is 1. The fourth-order valence-corrected chi connectivity index (χ4v) is 2.77. The van der Waals surface area contributed by atoms with E-state index in [9.17, 15) is 14.7 Å². The largest absolute Gasteiger partial charge is 0.507 e. The van der Waals surface area contributed by atoms with Crippen molar-refractivity contribution in [1.29, 1.82) is 0 Å². The summed E-state index contributed by atoms with van der Waals surface area (Å²) >= 11 is 3.36. The summed E-state index contributed by atoms with van der Waals surface area (Å²) in [5, 5.41) is 22.4. The van der Waals surface area contributed by atoms with Crippen LogP contribution in [0.3, 0.4) is 0 Å². The lowest BCUT2D eigenvalue weighted by atomic mass is 10.1. The van der Waals surface area contributed by atoms with Crippen LogP contribution < -0.4 is 11.1 Å². The highest BCUT2D eigenvalue weighted by atomic mass is 79.9. The van der Waals surface area contributed by atoms with Gasteiger partial charge in [-0.15, -0.1) is 0 Å². The Kier molecular flexibility index (Phi) is 4.28. The Labute approximate surface area is 150 Å². The number of aromatic nitrogens is 1. The van der Waals surface area contributed by atoms with Gasteiger partial charge in [0.2, 0.25) is 0 Å². The van der Waals surface area contributed by atoms with Crippen LogP contribution in [0.5, 0.6) is 5.75 Å². The first-order chi connectivity index (χ1) is 11.9. The van der Waals surface area contributed by atoms with Crippen LogP contribution >= 0.6 is 15.9 Å². The molecule has 0 saturated carbocycles. The topological polar surface area (TPSA) is 126 Å². The molecular weight excluding hydrogens is 390 g/mol. The first-order valence-corrected chi connectivity index (χ1v) is 7.87. The molecule has 0 unspecified atom stereocenters. The fraction of sp³-hybridized carbons (Fsp3) is 0. The lowest BCUT2D eigenvalue weighted by molar-refractivity contribution is 0.0693. The highest BCUT2D eigenvalue weighted by Gasteiger charge is 2.16. The number of halogens is 1. The minimum Gasteiger partial charge on any atom is -0.507 e. The maximum absolute atomic E-state index is 11.8. The number of primary amides is 1. The van der Waals surface area contributed by atoms with Crippen LogP contribution in [0.4, 0.5) is 11.4 Å². The number of nitrogens with one attached hydrogen (secondary N) is 1. The molecule has 2 aromatic carbocycles. The first-order valence-electron chi connectivity index (χ1n) is 7.08. The summed E-state index contributed by atoms with van der Waals surface area (Å²) in [6.07, 6.45) is 1.36. The molecule has 8 heteroatoms. The molecular formula is C17H12BrN3O4. The van der Waals surface area contributed by atoms with Crippen molar-refractivity contribution in [2.45, 2.75) is 0 Å². The van der Waals surface area contributed by atoms with E-state index in [1.807, 2.05) is 0 Å². The van der Waals surface area contributed by atoms with Crippen molar-refractivity contribution in [1.82, 2.24) is 4.98 Å². The van der Waals surface area contributed by atoms with Gasteiger partial charge in [-0.2, -0.15) is 0 Å². The van der Waals surface area contributed by atoms with Gasteiger partial charge in [0, 0.05) is 21.7 Å². The van der Waals surface area contributed by atoms with E-state index in [1.54, 1.807) is 18.2 Å². The third kappa shape index (κ3) is 3.24. The summed E-state index contributed by atoms with van der Waals surface area (Å²) in [7, 11) is 0. The van der Waals surface area contributed by atoms with Crippen molar-refractivity contribution in [3.05, 3.63) is 58.2 Å². The number of nitrogens with two attached hydrogens (primary N) is 1. The van der Waals surface area contributed by atoms with Gasteiger partial charge in [-0.05, 0) is 36.4 Å². The van der Waals surface area contributed by atoms with E-state index >= 15 is 0 Å². The van der Waals surface area contributed by atoms with Gasteiger partial charge in [0.15, 0.2) is 0 Å². The van der Waals surface area contributed by atoms with Gasteiger partial charge in [0.25, 0.3) is 5.91 Å². The minimum atomic E-state index is -1.26. The van der Waals surface area contributed by atoms with Crippen LogP contribution in [0.2, 0.25) is 0 Å². The second-order valence-corrected chi connectivity index (χ2v) is 6.15. The number of rotatable bonds is 4. The Morgan fingerprint density at radius 3 is 2.56 bits per heavy atom. The van der Waals surface area contributed by atoms with E-state index in [0.29, 0.717) is 22.3 Å². The highest BCUT2D eigenvalue weighted by molar-refractivity contribution is 9.10. The van der Waals surface area contributed by atoms with Crippen LogP contribution in [0.15, 0.2) is 47.1 Å². The maximum atomic E-state index is 11.8. The number of carboxylic acid groups (broad SMARTS) is 1. The number of amides is 1. The minimum absolute atomic E-state index is 0.166. The Morgan fingerprint density at radius 1 is 1.12 bits per heavy atom. The number of carbonyl (C=O) groups is 2. The highest BCUT2D eigenvalue weighted by Crippen LogP contribution is 2.32. The van der Waals surface area contributed by atoms with Gasteiger partial charge in [0.1, 0.15) is 11.3 Å². The number of anilines is 2. The molecule has 1 aromatic heterocycles. The van der Waals surface area contributed by atoms with Crippen molar-refractivity contribution in [3.8, 4) is 5.75 Å². The third-order valence-electron chi connectivity index (χ3n) is 3.59.